The number of thiophene rings is 2. The van der Waals surface area contributed by atoms with Crippen molar-refractivity contribution in [2.45, 2.75) is 64.7 Å². The lowest BCUT2D eigenvalue weighted by Crippen LogP contribution is -2.38. The van der Waals surface area contributed by atoms with Crippen molar-refractivity contribution in [3.63, 3.8) is 0 Å². The van der Waals surface area contributed by atoms with Gasteiger partial charge in [0.1, 0.15) is 45.6 Å². The first kappa shape index (κ1) is 42.2. The number of anilines is 2. The van der Waals surface area contributed by atoms with Gasteiger partial charge in [-0.1, -0.05) is 47.5 Å². The van der Waals surface area contributed by atoms with Crippen LogP contribution in [0.3, 0.4) is 0 Å². The van der Waals surface area contributed by atoms with E-state index in [1.807, 2.05) is 26.0 Å². The van der Waals surface area contributed by atoms with E-state index in [9.17, 15) is 8.78 Å². The zero-order valence-electron chi connectivity index (χ0n) is 29.8. The number of rotatable bonds is 8. The van der Waals surface area contributed by atoms with Crippen LogP contribution < -0.4 is 10.6 Å². The molecule has 2 N–H and O–H groups in total. The maximum Gasteiger partial charge on any atom is 0.138 e. The Bertz CT molecular complexity index is 2000. The maximum absolute atomic E-state index is 13.3. The molecule has 0 spiro atoms. The quantitative estimate of drug-likeness (QED) is 0.157. The molecule has 2 fully saturated rings. The molecular formula is C38H42Cl4F2N8S2. The fourth-order valence-corrected chi connectivity index (χ4v) is 9.33. The highest BCUT2D eigenvalue weighted by molar-refractivity contribution is 7.23. The molecular weight excluding hydrogens is 812 g/mol. The van der Waals surface area contributed by atoms with E-state index in [4.69, 9.17) is 23.2 Å². The highest BCUT2D eigenvalue weighted by atomic mass is 35.5. The summed E-state index contributed by atoms with van der Waals surface area (Å²) in [6.45, 7) is 9.52. The lowest BCUT2D eigenvalue weighted by Gasteiger charge is -2.32. The molecule has 6 heterocycles. The van der Waals surface area contributed by atoms with Crippen LogP contribution in [0.25, 0.3) is 20.4 Å². The summed E-state index contributed by atoms with van der Waals surface area (Å²) in [6, 6.07) is 14.5. The molecule has 2 aromatic carbocycles. The summed E-state index contributed by atoms with van der Waals surface area (Å²) in [6.07, 6.45) is 7.29. The Balaban J connectivity index is 0.000000200. The van der Waals surface area contributed by atoms with E-state index in [-0.39, 0.29) is 36.4 Å². The molecule has 8 rings (SSSR count). The maximum atomic E-state index is 13.3. The molecule has 2 aliphatic heterocycles. The van der Waals surface area contributed by atoms with E-state index in [1.165, 1.54) is 34.8 Å². The summed E-state index contributed by atoms with van der Waals surface area (Å²) in [7, 11) is 0. The van der Waals surface area contributed by atoms with Crippen LogP contribution in [0.15, 0.2) is 61.2 Å². The number of nitrogens with one attached hydrogen (secondary N) is 2. The monoisotopic (exact) mass is 852 g/mol. The molecule has 0 radical (unpaired) electrons. The fourth-order valence-electron chi connectivity index (χ4n) is 6.95. The zero-order chi connectivity index (χ0) is 36.2. The van der Waals surface area contributed by atoms with Gasteiger partial charge in [-0.15, -0.1) is 47.5 Å². The highest BCUT2D eigenvalue weighted by Crippen LogP contribution is 2.38. The summed E-state index contributed by atoms with van der Waals surface area (Å²) >= 11 is 15.5. The smallest absolute Gasteiger partial charge is 0.138 e. The van der Waals surface area contributed by atoms with Crippen molar-refractivity contribution in [1.29, 1.82) is 0 Å². The average Bonchev–Trinajstić information content (AvgIpc) is 3.60. The molecule has 2 aliphatic rings. The van der Waals surface area contributed by atoms with E-state index in [1.54, 1.807) is 36.9 Å². The number of likely N-dealkylation sites (tertiary alicyclic amines) is 2. The summed E-state index contributed by atoms with van der Waals surface area (Å²) in [5, 5.41) is 9.23. The second kappa shape index (κ2) is 19.3. The van der Waals surface area contributed by atoms with E-state index >= 15 is 0 Å². The molecule has 0 amide bonds. The normalized spacial score (nSPS) is 15.7. The molecule has 4 aromatic heterocycles. The Morgan fingerprint density at radius 2 is 1.04 bits per heavy atom. The minimum absolute atomic E-state index is 0. The Kier molecular flexibility index (Phi) is 15.1. The van der Waals surface area contributed by atoms with Gasteiger partial charge in [0.15, 0.2) is 0 Å². The number of nitrogens with zero attached hydrogens (tertiary/aromatic N) is 6. The van der Waals surface area contributed by atoms with E-state index in [2.05, 4.69) is 40.4 Å². The van der Waals surface area contributed by atoms with Crippen LogP contribution >= 0.6 is 70.7 Å². The van der Waals surface area contributed by atoms with E-state index < -0.39 is 0 Å². The van der Waals surface area contributed by atoms with Gasteiger partial charge in [-0.3, -0.25) is 9.80 Å². The van der Waals surface area contributed by atoms with Gasteiger partial charge in [0.25, 0.3) is 0 Å². The topological polar surface area (TPSA) is 82.1 Å². The summed E-state index contributed by atoms with van der Waals surface area (Å²) in [5.74, 6) is 1.41. The fraction of sp³-hybridized carbons (Fsp3) is 0.368. The second-order valence-corrected chi connectivity index (χ2v) is 16.7. The summed E-state index contributed by atoms with van der Waals surface area (Å²) in [4.78, 5) is 24.1. The lowest BCUT2D eigenvalue weighted by molar-refractivity contribution is 0.211. The van der Waals surface area contributed by atoms with Crippen LogP contribution in [0.2, 0.25) is 8.67 Å². The molecule has 0 saturated carbocycles. The number of fused-ring (bicyclic) bond motifs is 2. The Morgan fingerprint density at radius 3 is 1.41 bits per heavy atom. The number of aromatic nitrogens is 4. The number of piperidine rings is 2. The van der Waals surface area contributed by atoms with Gasteiger partial charge in [-0.05, 0) is 86.1 Å². The van der Waals surface area contributed by atoms with Crippen molar-refractivity contribution in [3.05, 3.63) is 104 Å². The Morgan fingerprint density at radius 1 is 0.648 bits per heavy atom. The van der Waals surface area contributed by atoms with Crippen molar-refractivity contribution in [2.24, 2.45) is 0 Å². The number of hydrogen-bond donors (Lipinski definition) is 2. The molecule has 0 atom stereocenters. The molecule has 0 aliphatic carbocycles. The Labute approximate surface area is 344 Å². The number of aryl methyl sites for hydroxylation is 2. The third-order valence-electron chi connectivity index (χ3n) is 9.78. The molecule has 8 nitrogen and oxygen atoms in total. The molecule has 6 aromatic rings. The van der Waals surface area contributed by atoms with Crippen LogP contribution in [0.4, 0.5) is 20.4 Å². The largest absolute Gasteiger partial charge is 0.367 e. The number of hydrogen-bond acceptors (Lipinski definition) is 10. The van der Waals surface area contributed by atoms with Gasteiger partial charge in [0, 0.05) is 51.4 Å². The van der Waals surface area contributed by atoms with Crippen molar-refractivity contribution in [1.82, 2.24) is 29.7 Å². The van der Waals surface area contributed by atoms with Crippen LogP contribution in [0, 0.1) is 25.5 Å². The molecule has 16 heteroatoms. The first-order valence-electron chi connectivity index (χ1n) is 17.5. The Hall–Kier alpha value is -2.94. The molecule has 0 unspecified atom stereocenters. The predicted molar refractivity (Wildman–Crippen MR) is 225 cm³/mol. The van der Waals surface area contributed by atoms with Crippen molar-refractivity contribution in [3.8, 4) is 0 Å². The minimum atomic E-state index is -0.170. The predicted octanol–water partition coefficient (Wildman–Crippen LogP) is 10.6. The van der Waals surface area contributed by atoms with Crippen molar-refractivity contribution >= 4 is 103 Å². The molecule has 2 saturated heterocycles. The molecule has 54 heavy (non-hydrogen) atoms. The molecule has 0 bridgehead atoms. The lowest BCUT2D eigenvalue weighted by atomic mass is 10.0. The average molecular weight is 855 g/mol. The van der Waals surface area contributed by atoms with Gasteiger partial charge in [0.2, 0.25) is 0 Å². The van der Waals surface area contributed by atoms with E-state index in [0.29, 0.717) is 12.1 Å². The minimum Gasteiger partial charge on any atom is -0.367 e. The van der Waals surface area contributed by atoms with Gasteiger partial charge in [0.05, 0.1) is 19.4 Å². The first-order chi connectivity index (χ1) is 25.2. The van der Waals surface area contributed by atoms with Gasteiger partial charge >= 0.3 is 0 Å². The standard InChI is InChI=1S/2C19H20ClFN4S.2ClH/c2*1-12-16-18(22-11-23-19(16)26-17(12)20)24-15-5-7-25(8-6-15)10-13-3-2-4-14(21)9-13;;/h2*2-4,9,11,15H,5-8,10H2,1H3,(H,22,23,24);2*1H. The highest BCUT2D eigenvalue weighted by Gasteiger charge is 2.23. The van der Waals surface area contributed by atoms with Gasteiger partial charge < -0.3 is 10.6 Å². The van der Waals surface area contributed by atoms with E-state index in [0.717, 1.165) is 128 Å². The van der Waals surface area contributed by atoms with Crippen molar-refractivity contribution in [2.75, 3.05) is 36.8 Å². The third kappa shape index (κ3) is 10.3. The molecule has 288 valence electrons. The van der Waals surface area contributed by atoms with Crippen molar-refractivity contribution < 1.29 is 8.78 Å². The number of benzene rings is 2. The van der Waals surface area contributed by atoms with Crippen LogP contribution in [0.5, 0.6) is 0 Å². The second-order valence-electron chi connectivity index (χ2n) is 13.5. The summed E-state index contributed by atoms with van der Waals surface area (Å²) in [5.41, 5.74) is 4.13. The van der Waals surface area contributed by atoms with Crippen LogP contribution in [-0.4, -0.2) is 68.0 Å². The van der Waals surface area contributed by atoms with Gasteiger partial charge in [-0.25, -0.2) is 28.7 Å². The SMILES string of the molecule is Cc1c(Cl)sc2ncnc(NC3CCN(Cc4cccc(F)c4)CC3)c12.Cc1c(Cl)sc2ncnc(NC3CCN(Cc4cccc(F)c4)CC3)c12.Cl.Cl. The third-order valence-corrected chi connectivity index (χ3v) is 12.8. The van der Waals surface area contributed by atoms with Crippen LogP contribution in [-0.2, 0) is 13.1 Å². The first-order valence-corrected chi connectivity index (χ1v) is 19.8. The van der Waals surface area contributed by atoms with Gasteiger partial charge in [-0.2, -0.15) is 0 Å². The number of halogens is 6. The zero-order valence-corrected chi connectivity index (χ0v) is 34.6. The van der Waals surface area contributed by atoms with Crippen LogP contribution in [0.1, 0.15) is 47.9 Å². The summed E-state index contributed by atoms with van der Waals surface area (Å²) < 4.78 is 28.2.